The summed E-state index contributed by atoms with van der Waals surface area (Å²) in [4.78, 5) is 21.0. The van der Waals surface area contributed by atoms with E-state index in [1.54, 1.807) is 0 Å². The maximum Gasteiger partial charge on any atom is 0.242 e. The molecule has 3 atom stereocenters. The van der Waals surface area contributed by atoms with Gasteiger partial charge in [0.1, 0.15) is 0 Å². The van der Waals surface area contributed by atoms with Crippen molar-refractivity contribution in [1.29, 1.82) is 0 Å². The van der Waals surface area contributed by atoms with Crippen LogP contribution in [-0.2, 0) is 9.53 Å². The van der Waals surface area contributed by atoms with Crippen LogP contribution in [0.15, 0.2) is 4.99 Å². The number of aliphatic imine (C=N–C) groups is 1. The van der Waals surface area contributed by atoms with Crippen molar-refractivity contribution < 1.29 is 9.53 Å². The molecule has 2 aliphatic carbocycles. The lowest BCUT2D eigenvalue weighted by molar-refractivity contribution is -0.135. The van der Waals surface area contributed by atoms with Gasteiger partial charge < -0.3 is 19.9 Å². The summed E-state index contributed by atoms with van der Waals surface area (Å²) in [6.45, 7) is 7.55. The molecule has 1 N–H and O–H groups in total. The Hall–Kier alpha value is -0.570. The van der Waals surface area contributed by atoms with Gasteiger partial charge in [0.25, 0.3) is 0 Å². The van der Waals surface area contributed by atoms with E-state index in [0.29, 0.717) is 30.7 Å². The summed E-state index contributed by atoms with van der Waals surface area (Å²) in [7, 11) is 1.81. The topological polar surface area (TPSA) is 57.2 Å². The zero-order valence-electron chi connectivity index (χ0n) is 14.8. The van der Waals surface area contributed by atoms with Crippen molar-refractivity contribution in [2.24, 2.45) is 16.3 Å². The molecule has 0 bridgehead atoms. The molecule has 4 aliphatic rings. The molecule has 0 radical (unpaired) electrons. The van der Waals surface area contributed by atoms with Gasteiger partial charge in [-0.3, -0.25) is 9.79 Å². The fourth-order valence-corrected chi connectivity index (χ4v) is 4.69. The summed E-state index contributed by atoms with van der Waals surface area (Å²) in [6, 6.07) is 0.895. The van der Waals surface area contributed by atoms with Gasteiger partial charge in [-0.25, -0.2) is 0 Å². The van der Waals surface area contributed by atoms with Gasteiger partial charge in [0.05, 0.1) is 12.6 Å². The Bertz CT molecular complexity index is 535. The van der Waals surface area contributed by atoms with Gasteiger partial charge in [0.2, 0.25) is 5.91 Å². The molecule has 2 saturated carbocycles. The standard InChI is InChI=1S/C17H28N4O2.HI/c1-17(2)14(12-6-9-23-15(12)17)19-16(18-3)20-7-8-21(11-4-5-11)13(22)10-20;/h11-12,14-15H,4-10H2,1-3H3,(H,18,19);1H. The van der Waals surface area contributed by atoms with Crippen molar-refractivity contribution in [3.8, 4) is 0 Å². The van der Waals surface area contributed by atoms with Crippen LogP contribution in [0, 0.1) is 11.3 Å². The summed E-state index contributed by atoms with van der Waals surface area (Å²) in [6.07, 6.45) is 3.85. The number of guanidine groups is 1. The highest BCUT2D eigenvalue weighted by Gasteiger charge is 2.59. The van der Waals surface area contributed by atoms with Crippen LogP contribution >= 0.6 is 24.0 Å². The molecule has 3 unspecified atom stereocenters. The molecule has 2 aliphatic heterocycles. The number of ether oxygens (including phenoxy) is 1. The number of halogens is 1. The fraction of sp³-hybridized carbons (Fsp3) is 0.882. The maximum absolute atomic E-state index is 12.4. The Labute approximate surface area is 161 Å². The first-order valence-electron chi connectivity index (χ1n) is 8.91. The minimum Gasteiger partial charge on any atom is -0.377 e. The Kier molecular flexibility index (Phi) is 5.03. The number of carbonyl (C=O) groups is 1. The number of amides is 1. The average molecular weight is 448 g/mol. The quantitative estimate of drug-likeness (QED) is 0.393. The van der Waals surface area contributed by atoms with Crippen LogP contribution in [0.2, 0.25) is 0 Å². The van der Waals surface area contributed by atoms with E-state index < -0.39 is 0 Å². The van der Waals surface area contributed by atoms with E-state index in [1.165, 1.54) is 12.8 Å². The Morgan fingerprint density at radius 2 is 2.04 bits per heavy atom. The Morgan fingerprint density at radius 1 is 1.29 bits per heavy atom. The number of hydrogen-bond donors (Lipinski definition) is 1. The number of nitrogens with zero attached hydrogens (tertiary/aromatic N) is 3. The molecular formula is C17H29IN4O2. The molecule has 4 rings (SSSR count). The van der Waals surface area contributed by atoms with Gasteiger partial charge >= 0.3 is 0 Å². The van der Waals surface area contributed by atoms with Crippen LogP contribution < -0.4 is 5.32 Å². The largest absolute Gasteiger partial charge is 0.377 e. The molecule has 0 aromatic rings. The summed E-state index contributed by atoms with van der Waals surface area (Å²) >= 11 is 0. The molecule has 6 nitrogen and oxygen atoms in total. The van der Waals surface area contributed by atoms with Crippen LogP contribution in [0.5, 0.6) is 0 Å². The molecule has 0 aromatic heterocycles. The molecule has 1 amide bonds. The molecule has 24 heavy (non-hydrogen) atoms. The number of fused-ring (bicyclic) bond motifs is 1. The highest BCUT2D eigenvalue weighted by atomic mass is 127. The summed E-state index contributed by atoms with van der Waals surface area (Å²) in [5.74, 6) is 1.69. The van der Waals surface area contributed by atoms with Gasteiger partial charge in [-0.2, -0.15) is 0 Å². The van der Waals surface area contributed by atoms with Crippen molar-refractivity contribution in [2.45, 2.75) is 51.3 Å². The van der Waals surface area contributed by atoms with Gasteiger partial charge in [0, 0.05) is 50.2 Å². The van der Waals surface area contributed by atoms with Crippen molar-refractivity contribution >= 4 is 35.8 Å². The van der Waals surface area contributed by atoms with Gasteiger partial charge in [-0.15, -0.1) is 24.0 Å². The second kappa shape index (κ2) is 6.63. The second-order valence-corrected chi connectivity index (χ2v) is 7.97. The predicted molar refractivity (Wildman–Crippen MR) is 104 cm³/mol. The zero-order chi connectivity index (χ0) is 16.2. The fourth-order valence-electron chi connectivity index (χ4n) is 4.69. The van der Waals surface area contributed by atoms with E-state index >= 15 is 0 Å². The minimum atomic E-state index is 0. The first-order chi connectivity index (χ1) is 11.0. The van der Waals surface area contributed by atoms with E-state index in [4.69, 9.17) is 4.74 Å². The van der Waals surface area contributed by atoms with Crippen LogP contribution in [0.3, 0.4) is 0 Å². The van der Waals surface area contributed by atoms with Crippen molar-refractivity contribution in [2.75, 3.05) is 33.3 Å². The van der Waals surface area contributed by atoms with Crippen LogP contribution in [-0.4, -0.2) is 73.1 Å². The summed E-state index contributed by atoms with van der Waals surface area (Å²) < 4.78 is 5.87. The molecule has 7 heteroatoms. The Morgan fingerprint density at radius 3 is 2.67 bits per heavy atom. The third kappa shape index (κ3) is 2.91. The van der Waals surface area contributed by atoms with Crippen molar-refractivity contribution in [3.05, 3.63) is 0 Å². The number of carbonyl (C=O) groups excluding carboxylic acids is 1. The highest BCUT2D eigenvalue weighted by molar-refractivity contribution is 14.0. The Balaban J connectivity index is 0.00000169. The first kappa shape index (κ1) is 18.2. The van der Waals surface area contributed by atoms with Crippen LogP contribution in [0.4, 0.5) is 0 Å². The zero-order valence-corrected chi connectivity index (χ0v) is 17.2. The summed E-state index contributed by atoms with van der Waals surface area (Å²) in [5, 5.41) is 3.64. The average Bonchev–Trinajstić information content (AvgIpc) is 3.25. The number of rotatable bonds is 2. The van der Waals surface area contributed by atoms with Gasteiger partial charge in [-0.1, -0.05) is 13.8 Å². The first-order valence-corrected chi connectivity index (χ1v) is 8.91. The van der Waals surface area contributed by atoms with Crippen molar-refractivity contribution in [3.63, 3.8) is 0 Å². The molecule has 0 spiro atoms. The van der Waals surface area contributed by atoms with E-state index in [9.17, 15) is 4.79 Å². The number of hydrogen-bond acceptors (Lipinski definition) is 3. The lowest BCUT2D eigenvalue weighted by atomic mass is 9.57. The monoisotopic (exact) mass is 448 g/mol. The summed E-state index contributed by atoms with van der Waals surface area (Å²) in [5.41, 5.74) is 0.122. The van der Waals surface area contributed by atoms with Crippen LogP contribution in [0.25, 0.3) is 0 Å². The lowest BCUT2D eigenvalue weighted by Crippen LogP contribution is -2.69. The van der Waals surface area contributed by atoms with E-state index in [1.807, 2.05) is 7.05 Å². The number of nitrogens with one attached hydrogen (secondary N) is 1. The second-order valence-electron chi connectivity index (χ2n) is 7.97. The van der Waals surface area contributed by atoms with Gasteiger partial charge in [0.15, 0.2) is 5.96 Å². The third-order valence-electron chi connectivity index (χ3n) is 6.14. The molecular weight excluding hydrogens is 419 g/mol. The SMILES string of the molecule is CN=C(NC1C2CCOC2C1(C)C)N1CCN(C2CC2)C(=O)C1.I. The molecule has 4 fully saturated rings. The highest BCUT2D eigenvalue weighted by Crippen LogP contribution is 2.52. The van der Waals surface area contributed by atoms with Crippen LogP contribution in [0.1, 0.15) is 33.1 Å². The molecule has 0 aromatic carbocycles. The number of piperazine rings is 1. The lowest BCUT2D eigenvalue weighted by Gasteiger charge is -2.55. The van der Waals surface area contributed by atoms with E-state index in [2.05, 4.69) is 34.0 Å². The predicted octanol–water partition coefficient (Wildman–Crippen LogP) is 1.30. The van der Waals surface area contributed by atoms with Crippen molar-refractivity contribution in [1.82, 2.24) is 15.1 Å². The molecule has 136 valence electrons. The third-order valence-corrected chi connectivity index (χ3v) is 6.14. The van der Waals surface area contributed by atoms with Gasteiger partial charge in [-0.05, 0) is 19.3 Å². The molecule has 2 heterocycles. The van der Waals surface area contributed by atoms with E-state index in [-0.39, 0.29) is 35.3 Å². The molecule has 2 saturated heterocycles. The van der Waals surface area contributed by atoms with E-state index in [0.717, 1.165) is 32.1 Å². The maximum atomic E-state index is 12.4. The normalized spacial score (nSPS) is 35.2. The minimum absolute atomic E-state index is 0. The smallest absolute Gasteiger partial charge is 0.242 e.